The molecule has 2 unspecified atom stereocenters. The third kappa shape index (κ3) is 3.37. The van der Waals surface area contributed by atoms with Gasteiger partial charge in [0.1, 0.15) is 0 Å². The number of hydrogen-bond donors (Lipinski definition) is 1. The molecule has 19 heavy (non-hydrogen) atoms. The van der Waals surface area contributed by atoms with Crippen LogP contribution >= 0.6 is 11.3 Å². The Hall–Kier alpha value is -0.870. The van der Waals surface area contributed by atoms with Crippen LogP contribution in [0.4, 0.5) is 0 Å². The maximum absolute atomic E-state index is 12.7. The molecule has 2 N–H and O–H groups in total. The van der Waals surface area contributed by atoms with Crippen molar-refractivity contribution in [1.82, 2.24) is 4.90 Å². The van der Waals surface area contributed by atoms with Gasteiger partial charge in [0.2, 0.25) is 5.91 Å². The largest absolute Gasteiger partial charge is 0.335 e. The van der Waals surface area contributed by atoms with E-state index in [1.165, 1.54) is 4.88 Å². The number of rotatable bonds is 5. The van der Waals surface area contributed by atoms with Gasteiger partial charge in [-0.25, -0.2) is 0 Å². The number of thiophene rings is 1. The first kappa shape index (κ1) is 14.5. The minimum Gasteiger partial charge on any atom is -0.335 e. The summed E-state index contributed by atoms with van der Waals surface area (Å²) in [6.07, 6.45) is 3.08. The molecule has 1 aliphatic rings. The molecule has 0 aliphatic carbocycles. The van der Waals surface area contributed by atoms with E-state index in [0.717, 1.165) is 25.8 Å². The lowest BCUT2D eigenvalue weighted by molar-refractivity contribution is -0.136. The van der Waals surface area contributed by atoms with Crippen LogP contribution in [-0.4, -0.2) is 23.9 Å². The van der Waals surface area contributed by atoms with Crippen molar-refractivity contribution < 1.29 is 4.79 Å². The van der Waals surface area contributed by atoms with Gasteiger partial charge in [-0.1, -0.05) is 19.9 Å². The fourth-order valence-corrected chi connectivity index (χ4v) is 3.78. The van der Waals surface area contributed by atoms with E-state index in [2.05, 4.69) is 36.3 Å². The number of likely N-dealkylation sites (tertiary alicyclic amines) is 1. The van der Waals surface area contributed by atoms with E-state index in [1.807, 2.05) is 0 Å². The molecular formula is C15H24N2OS. The van der Waals surface area contributed by atoms with Gasteiger partial charge in [0, 0.05) is 18.0 Å². The van der Waals surface area contributed by atoms with Gasteiger partial charge in [-0.2, -0.15) is 0 Å². The number of nitrogens with two attached hydrogens (primary N) is 1. The molecule has 1 aliphatic heterocycles. The summed E-state index contributed by atoms with van der Waals surface area (Å²) in [5.41, 5.74) is 5.81. The van der Waals surface area contributed by atoms with Crippen molar-refractivity contribution in [1.29, 1.82) is 0 Å². The molecule has 2 heterocycles. The van der Waals surface area contributed by atoms with Crippen LogP contribution in [0, 0.1) is 11.8 Å². The van der Waals surface area contributed by atoms with Crippen molar-refractivity contribution in [3.63, 3.8) is 0 Å². The van der Waals surface area contributed by atoms with Crippen LogP contribution in [-0.2, 0) is 4.79 Å². The zero-order chi connectivity index (χ0) is 13.8. The van der Waals surface area contributed by atoms with E-state index in [9.17, 15) is 4.79 Å². The highest BCUT2D eigenvalue weighted by molar-refractivity contribution is 7.10. The molecule has 1 fully saturated rings. The van der Waals surface area contributed by atoms with E-state index in [-0.39, 0.29) is 17.9 Å². The van der Waals surface area contributed by atoms with Gasteiger partial charge in [-0.05, 0) is 36.6 Å². The average Bonchev–Trinajstić information content (AvgIpc) is 3.03. The summed E-state index contributed by atoms with van der Waals surface area (Å²) in [7, 11) is 0. The van der Waals surface area contributed by atoms with Crippen LogP contribution in [0.25, 0.3) is 0 Å². The van der Waals surface area contributed by atoms with Crippen LogP contribution < -0.4 is 5.73 Å². The summed E-state index contributed by atoms with van der Waals surface area (Å²) in [5.74, 6) is 0.757. The maximum Gasteiger partial charge on any atom is 0.227 e. The first-order valence-corrected chi connectivity index (χ1v) is 8.05. The monoisotopic (exact) mass is 280 g/mol. The Bertz CT molecular complexity index is 402. The summed E-state index contributed by atoms with van der Waals surface area (Å²) < 4.78 is 0. The van der Waals surface area contributed by atoms with Gasteiger partial charge < -0.3 is 10.6 Å². The molecule has 0 bridgehead atoms. The van der Waals surface area contributed by atoms with Crippen LogP contribution in [0.5, 0.6) is 0 Å². The third-order valence-electron chi connectivity index (χ3n) is 3.80. The van der Waals surface area contributed by atoms with Crippen LogP contribution in [0.3, 0.4) is 0 Å². The molecule has 0 spiro atoms. The molecule has 2 rings (SSSR count). The summed E-state index contributed by atoms with van der Waals surface area (Å²) in [5, 5.41) is 2.09. The van der Waals surface area contributed by atoms with Gasteiger partial charge in [0.25, 0.3) is 0 Å². The number of carbonyl (C=O) groups is 1. The minimum absolute atomic E-state index is 0.0134. The second-order valence-corrected chi connectivity index (χ2v) is 6.75. The molecule has 0 aromatic carbocycles. The van der Waals surface area contributed by atoms with E-state index in [4.69, 9.17) is 5.73 Å². The molecule has 2 atom stereocenters. The lowest BCUT2D eigenvalue weighted by Crippen LogP contribution is -2.39. The topological polar surface area (TPSA) is 46.3 Å². The van der Waals surface area contributed by atoms with Crippen molar-refractivity contribution in [3.05, 3.63) is 22.4 Å². The Kier molecular flexibility index (Phi) is 4.99. The first-order chi connectivity index (χ1) is 9.13. The number of nitrogens with zero attached hydrogens (tertiary/aromatic N) is 1. The summed E-state index contributed by atoms with van der Waals surface area (Å²) in [6, 6.07) is 4.49. The lowest BCUT2D eigenvalue weighted by Gasteiger charge is -2.28. The molecule has 1 amide bonds. The van der Waals surface area contributed by atoms with Crippen molar-refractivity contribution in [3.8, 4) is 0 Å². The van der Waals surface area contributed by atoms with Gasteiger partial charge in [0.15, 0.2) is 0 Å². The standard InChI is InChI=1S/C15H24N2OS/c1-11(2)9-12(10-16)15(18)17-7-3-5-13(17)14-6-4-8-19-14/h4,6,8,11-13H,3,5,7,9-10,16H2,1-2H3. The summed E-state index contributed by atoms with van der Waals surface area (Å²) >= 11 is 1.75. The molecule has 0 saturated carbocycles. The highest BCUT2D eigenvalue weighted by Crippen LogP contribution is 2.35. The fraction of sp³-hybridized carbons (Fsp3) is 0.667. The molecule has 106 valence electrons. The van der Waals surface area contributed by atoms with Crippen LogP contribution in [0.15, 0.2) is 17.5 Å². The molecule has 4 heteroatoms. The predicted octanol–water partition coefficient (Wildman–Crippen LogP) is 3.03. The molecule has 3 nitrogen and oxygen atoms in total. The molecular weight excluding hydrogens is 256 g/mol. The van der Waals surface area contributed by atoms with Crippen molar-refractivity contribution in [2.24, 2.45) is 17.6 Å². The maximum atomic E-state index is 12.7. The smallest absolute Gasteiger partial charge is 0.227 e. The van der Waals surface area contributed by atoms with E-state index >= 15 is 0 Å². The third-order valence-corrected chi connectivity index (χ3v) is 4.77. The van der Waals surface area contributed by atoms with Crippen molar-refractivity contribution in [2.45, 2.75) is 39.2 Å². The second kappa shape index (κ2) is 6.53. The Labute approximate surface area is 119 Å². The van der Waals surface area contributed by atoms with Crippen molar-refractivity contribution >= 4 is 17.2 Å². The molecule has 1 aromatic rings. The number of amides is 1. The minimum atomic E-state index is -0.0134. The Balaban J connectivity index is 2.08. The normalized spacial score (nSPS) is 21.1. The van der Waals surface area contributed by atoms with Gasteiger partial charge in [-0.15, -0.1) is 11.3 Å². The van der Waals surface area contributed by atoms with Gasteiger partial charge in [0.05, 0.1) is 12.0 Å². The predicted molar refractivity (Wildman–Crippen MR) is 80.0 cm³/mol. The zero-order valence-electron chi connectivity index (χ0n) is 11.8. The number of carbonyl (C=O) groups excluding carboxylic acids is 1. The summed E-state index contributed by atoms with van der Waals surface area (Å²) in [4.78, 5) is 16.0. The van der Waals surface area contributed by atoms with Gasteiger partial charge >= 0.3 is 0 Å². The first-order valence-electron chi connectivity index (χ1n) is 7.17. The van der Waals surface area contributed by atoms with Crippen molar-refractivity contribution in [2.75, 3.05) is 13.1 Å². The Morgan fingerprint density at radius 1 is 1.58 bits per heavy atom. The van der Waals surface area contributed by atoms with E-state index in [0.29, 0.717) is 12.5 Å². The molecule has 1 saturated heterocycles. The second-order valence-electron chi connectivity index (χ2n) is 5.77. The highest BCUT2D eigenvalue weighted by atomic mass is 32.1. The van der Waals surface area contributed by atoms with Crippen LogP contribution in [0.2, 0.25) is 0 Å². The average molecular weight is 280 g/mol. The molecule has 0 radical (unpaired) electrons. The molecule has 1 aromatic heterocycles. The fourth-order valence-electron chi connectivity index (χ4n) is 2.91. The zero-order valence-corrected chi connectivity index (χ0v) is 12.7. The van der Waals surface area contributed by atoms with Gasteiger partial charge in [-0.3, -0.25) is 4.79 Å². The lowest BCUT2D eigenvalue weighted by atomic mass is 9.95. The number of hydrogen-bond acceptors (Lipinski definition) is 3. The highest BCUT2D eigenvalue weighted by Gasteiger charge is 2.33. The Morgan fingerprint density at radius 2 is 2.37 bits per heavy atom. The quantitative estimate of drug-likeness (QED) is 0.901. The SMILES string of the molecule is CC(C)CC(CN)C(=O)N1CCCC1c1cccs1. The van der Waals surface area contributed by atoms with E-state index < -0.39 is 0 Å². The summed E-state index contributed by atoms with van der Waals surface area (Å²) in [6.45, 7) is 5.65. The Morgan fingerprint density at radius 3 is 2.95 bits per heavy atom. The van der Waals surface area contributed by atoms with E-state index in [1.54, 1.807) is 11.3 Å². The van der Waals surface area contributed by atoms with Crippen LogP contribution in [0.1, 0.15) is 44.0 Å².